The van der Waals surface area contributed by atoms with Crippen molar-refractivity contribution in [2.24, 2.45) is 0 Å². The zero-order valence-electron chi connectivity index (χ0n) is 9.41. The third kappa shape index (κ3) is 6.54. The smallest absolute Gasteiger partial charge is 0.323 e. The Balaban J connectivity index is 4.05. The molecule has 2 amide bonds. The number of hydrogen-bond donors (Lipinski definition) is 2. The molecule has 0 radical (unpaired) electrons. The van der Waals surface area contributed by atoms with Gasteiger partial charge in [0.05, 0.1) is 0 Å². The molecule has 0 heterocycles. The summed E-state index contributed by atoms with van der Waals surface area (Å²) in [4.78, 5) is 23.1. The SMILES string of the molecule is CCN(CC(=O)O)C(=O)NCC=C(C)C. The minimum Gasteiger partial charge on any atom is -0.480 e. The number of nitrogens with one attached hydrogen (secondary N) is 1. The van der Waals surface area contributed by atoms with Crippen molar-refractivity contribution in [1.82, 2.24) is 10.2 Å². The molecular formula is C10H18N2O3. The number of amides is 2. The molecule has 0 saturated heterocycles. The van der Waals surface area contributed by atoms with E-state index in [0.717, 1.165) is 5.57 Å². The molecule has 0 spiro atoms. The Morgan fingerprint density at radius 2 is 2.00 bits per heavy atom. The summed E-state index contributed by atoms with van der Waals surface area (Å²) in [6.07, 6.45) is 1.87. The van der Waals surface area contributed by atoms with Crippen LogP contribution in [0.15, 0.2) is 11.6 Å². The fourth-order valence-electron chi connectivity index (χ4n) is 0.945. The summed E-state index contributed by atoms with van der Waals surface area (Å²) in [6.45, 7) is 6.15. The first-order valence-corrected chi connectivity index (χ1v) is 4.85. The van der Waals surface area contributed by atoms with Crippen LogP contribution in [0, 0.1) is 0 Å². The predicted molar refractivity (Wildman–Crippen MR) is 57.7 cm³/mol. The van der Waals surface area contributed by atoms with Crippen molar-refractivity contribution in [2.45, 2.75) is 20.8 Å². The number of carbonyl (C=O) groups is 2. The Bertz CT molecular complexity index is 257. The lowest BCUT2D eigenvalue weighted by molar-refractivity contribution is -0.137. The van der Waals surface area contributed by atoms with Gasteiger partial charge in [-0.05, 0) is 20.8 Å². The molecule has 2 N–H and O–H groups in total. The second-order valence-electron chi connectivity index (χ2n) is 3.38. The monoisotopic (exact) mass is 214 g/mol. The van der Waals surface area contributed by atoms with E-state index in [2.05, 4.69) is 5.32 Å². The molecule has 0 aromatic carbocycles. The number of likely N-dealkylation sites (N-methyl/N-ethyl adjacent to an activating group) is 1. The van der Waals surface area contributed by atoms with Crippen LogP contribution in [0.4, 0.5) is 4.79 Å². The highest BCUT2D eigenvalue weighted by Gasteiger charge is 2.13. The average molecular weight is 214 g/mol. The molecule has 0 aliphatic carbocycles. The van der Waals surface area contributed by atoms with Gasteiger partial charge >= 0.3 is 12.0 Å². The van der Waals surface area contributed by atoms with Gasteiger partial charge in [0.1, 0.15) is 6.54 Å². The van der Waals surface area contributed by atoms with Crippen molar-refractivity contribution in [3.05, 3.63) is 11.6 Å². The Kier molecular flexibility index (Phi) is 6.17. The van der Waals surface area contributed by atoms with Gasteiger partial charge in [-0.3, -0.25) is 4.79 Å². The van der Waals surface area contributed by atoms with Gasteiger partial charge in [0, 0.05) is 13.1 Å². The molecule has 0 saturated carbocycles. The van der Waals surface area contributed by atoms with E-state index in [1.165, 1.54) is 4.90 Å². The summed E-state index contributed by atoms with van der Waals surface area (Å²) >= 11 is 0. The van der Waals surface area contributed by atoms with Crippen LogP contribution in [0.1, 0.15) is 20.8 Å². The Morgan fingerprint density at radius 3 is 2.40 bits per heavy atom. The van der Waals surface area contributed by atoms with Crippen LogP contribution in [-0.2, 0) is 4.79 Å². The predicted octanol–water partition coefficient (Wildman–Crippen LogP) is 1.07. The number of aliphatic carboxylic acids is 1. The number of allylic oxidation sites excluding steroid dienone is 1. The minimum atomic E-state index is -1.01. The van der Waals surface area contributed by atoms with Crippen LogP contribution in [0.25, 0.3) is 0 Å². The van der Waals surface area contributed by atoms with Crippen LogP contribution >= 0.6 is 0 Å². The first-order chi connectivity index (χ1) is 6.97. The molecular weight excluding hydrogens is 196 g/mol. The van der Waals surface area contributed by atoms with Gasteiger partial charge in [-0.1, -0.05) is 11.6 Å². The lowest BCUT2D eigenvalue weighted by Crippen LogP contribution is -2.42. The topological polar surface area (TPSA) is 69.6 Å². The zero-order valence-corrected chi connectivity index (χ0v) is 9.41. The van der Waals surface area contributed by atoms with Crippen molar-refractivity contribution in [3.63, 3.8) is 0 Å². The van der Waals surface area contributed by atoms with Crippen LogP contribution in [0.5, 0.6) is 0 Å². The molecule has 0 aliphatic rings. The van der Waals surface area contributed by atoms with Crippen molar-refractivity contribution in [1.29, 1.82) is 0 Å². The largest absolute Gasteiger partial charge is 0.480 e. The van der Waals surface area contributed by atoms with E-state index < -0.39 is 5.97 Å². The highest BCUT2D eigenvalue weighted by Crippen LogP contribution is 1.90. The lowest BCUT2D eigenvalue weighted by atomic mass is 10.3. The van der Waals surface area contributed by atoms with E-state index in [9.17, 15) is 9.59 Å². The molecule has 0 rings (SSSR count). The lowest BCUT2D eigenvalue weighted by Gasteiger charge is -2.18. The number of urea groups is 1. The summed E-state index contributed by atoms with van der Waals surface area (Å²) in [5, 5.41) is 11.2. The van der Waals surface area contributed by atoms with Gasteiger partial charge in [0.2, 0.25) is 0 Å². The van der Waals surface area contributed by atoms with E-state index in [1.54, 1.807) is 6.92 Å². The maximum absolute atomic E-state index is 11.4. The Labute approximate surface area is 89.8 Å². The first-order valence-electron chi connectivity index (χ1n) is 4.85. The molecule has 0 aliphatic heterocycles. The molecule has 0 aromatic heterocycles. The second-order valence-corrected chi connectivity index (χ2v) is 3.38. The Hall–Kier alpha value is -1.52. The summed E-state index contributed by atoms with van der Waals surface area (Å²) < 4.78 is 0. The van der Waals surface area contributed by atoms with Gasteiger partial charge in [-0.2, -0.15) is 0 Å². The summed E-state index contributed by atoms with van der Waals surface area (Å²) in [5.41, 5.74) is 1.11. The number of carbonyl (C=O) groups excluding carboxylic acids is 1. The van der Waals surface area contributed by atoms with Gasteiger partial charge in [-0.25, -0.2) is 4.79 Å². The maximum atomic E-state index is 11.4. The van der Waals surface area contributed by atoms with Crippen molar-refractivity contribution in [2.75, 3.05) is 19.6 Å². The molecule has 0 atom stereocenters. The minimum absolute atomic E-state index is 0.267. The third-order valence-electron chi connectivity index (χ3n) is 1.76. The molecule has 5 nitrogen and oxygen atoms in total. The fourth-order valence-corrected chi connectivity index (χ4v) is 0.945. The summed E-state index contributed by atoms with van der Waals surface area (Å²) in [6, 6.07) is -0.350. The second kappa shape index (κ2) is 6.86. The summed E-state index contributed by atoms with van der Waals surface area (Å²) in [7, 11) is 0. The number of carboxylic acids is 1. The number of rotatable bonds is 5. The highest BCUT2D eigenvalue weighted by atomic mass is 16.4. The zero-order chi connectivity index (χ0) is 11.8. The molecule has 15 heavy (non-hydrogen) atoms. The van der Waals surface area contributed by atoms with E-state index in [-0.39, 0.29) is 12.6 Å². The van der Waals surface area contributed by atoms with Crippen molar-refractivity contribution >= 4 is 12.0 Å². The average Bonchev–Trinajstić information content (AvgIpc) is 2.13. The molecule has 0 fully saturated rings. The van der Waals surface area contributed by atoms with Crippen LogP contribution < -0.4 is 5.32 Å². The number of nitrogens with zero attached hydrogens (tertiary/aromatic N) is 1. The number of carboxylic acid groups (broad SMARTS) is 1. The van der Waals surface area contributed by atoms with E-state index >= 15 is 0 Å². The van der Waals surface area contributed by atoms with Gasteiger partial charge in [0.25, 0.3) is 0 Å². The molecule has 86 valence electrons. The van der Waals surface area contributed by atoms with Crippen LogP contribution in [-0.4, -0.2) is 41.6 Å². The molecule has 0 aromatic rings. The highest BCUT2D eigenvalue weighted by molar-refractivity contribution is 5.80. The van der Waals surface area contributed by atoms with Gasteiger partial charge in [-0.15, -0.1) is 0 Å². The van der Waals surface area contributed by atoms with E-state index in [4.69, 9.17) is 5.11 Å². The number of hydrogen-bond acceptors (Lipinski definition) is 2. The third-order valence-corrected chi connectivity index (χ3v) is 1.76. The molecule has 0 bridgehead atoms. The van der Waals surface area contributed by atoms with Gasteiger partial charge < -0.3 is 15.3 Å². The van der Waals surface area contributed by atoms with Gasteiger partial charge in [0.15, 0.2) is 0 Å². The standard InChI is InChI=1S/C10H18N2O3/c1-4-12(7-9(13)14)10(15)11-6-5-8(2)3/h5H,4,6-7H2,1-3H3,(H,11,15)(H,13,14). The maximum Gasteiger partial charge on any atom is 0.323 e. The van der Waals surface area contributed by atoms with Crippen LogP contribution in [0.3, 0.4) is 0 Å². The van der Waals surface area contributed by atoms with Crippen molar-refractivity contribution in [3.8, 4) is 0 Å². The quantitative estimate of drug-likeness (QED) is 0.672. The van der Waals surface area contributed by atoms with E-state index in [0.29, 0.717) is 13.1 Å². The first kappa shape index (κ1) is 13.5. The van der Waals surface area contributed by atoms with Crippen LogP contribution in [0.2, 0.25) is 0 Å². The fraction of sp³-hybridized carbons (Fsp3) is 0.600. The van der Waals surface area contributed by atoms with E-state index in [1.807, 2.05) is 19.9 Å². The normalized spacial score (nSPS) is 9.27. The molecule has 5 heteroatoms. The molecule has 0 unspecified atom stereocenters. The Morgan fingerprint density at radius 1 is 1.40 bits per heavy atom. The van der Waals surface area contributed by atoms with Crippen molar-refractivity contribution < 1.29 is 14.7 Å². The summed E-state index contributed by atoms with van der Waals surface area (Å²) in [5.74, 6) is -1.01.